The quantitative estimate of drug-likeness (QED) is 0.343. The zero-order chi connectivity index (χ0) is 25.7. The van der Waals surface area contributed by atoms with Crippen molar-refractivity contribution in [3.05, 3.63) is 77.7 Å². The molecule has 1 atom stereocenters. The van der Waals surface area contributed by atoms with Gasteiger partial charge in [-0.3, -0.25) is 4.98 Å². The Bertz CT molecular complexity index is 1180. The minimum absolute atomic E-state index is 0.0119. The maximum Gasteiger partial charge on any atom is 0.387 e. The van der Waals surface area contributed by atoms with Crippen LogP contribution in [0.25, 0.3) is 0 Å². The van der Waals surface area contributed by atoms with Crippen molar-refractivity contribution in [1.29, 1.82) is 0 Å². The Hall–Kier alpha value is -3.75. The second-order valence-electron chi connectivity index (χ2n) is 9.62. The van der Waals surface area contributed by atoms with Crippen LogP contribution in [0, 0.1) is 5.92 Å². The van der Waals surface area contributed by atoms with Gasteiger partial charge in [0.15, 0.2) is 5.75 Å². The van der Waals surface area contributed by atoms with E-state index in [-0.39, 0.29) is 11.6 Å². The molecule has 1 aromatic carbocycles. The van der Waals surface area contributed by atoms with E-state index in [1.807, 2.05) is 12.1 Å². The molecule has 1 N–H and O–H groups in total. The number of aromatic nitrogens is 2. The molecule has 1 unspecified atom stereocenters. The molecule has 0 radical (unpaired) electrons. The predicted molar refractivity (Wildman–Crippen MR) is 130 cm³/mol. The van der Waals surface area contributed by atoms with Crippen molar-refractivity contribution in [3.63, 3.8) is 0 Å². The fourth-order valence-electron chi connectivity index (χ4n) is 3.49. The Balaban J connectivity index is 1.65. The fourth-order valence-corrected chi connectivity index (χ4v) is 3.49. The van der Waals surface area contributed by atoms with Crippen molar-refractivity contribution in [3.8, 4) is 11.6 Å². The summed E-state index contributed by atoms with van der Waals surface area (Å²) < 4.78 is 41.8. The van der Waals surface area contributed by atoms with E-state index < -0.39 is 24.2 Å². The summed E-state index contributed by atoms with van der Waals surface area (Å²) in [6.45, 7) is 2.81. The standard InChI is InChI=1S/C27H29F2N3O4/c1-27(2,3)36-25(33)18-6-4-8-20(14-18)31-23(19-7-5-13-30-15-19)21-11-12-22(35-26(28)29)24(32-21)34-16-17-9-10-17/h4-8,11-15,17,23,26,31H,9-10,16H2,1-3H3. The summed E-state index contributed by atoms with van der Waals surface area (Å²) in [6.07, 6.45) is 5.42. The minimum Gasteiger partial charge on any atom is -0.475 e. The Morgan fingerprint density at radius 1 is 1.14 bits per heavy atom. The number of halogens is 2. The molecule has 190 valence electrons. The molecule has 2 heterocycles. The van der Waals surface area contributed by atoms with E-state index in [0.29, 0.717) is 29.5 Å². The summed E-state index contributed by atoms with van der Waals surface area (Å²) >= 11 is 0. The van der Waals surface area contributed by atoms with E-state index in [9.17, 15) is 13.6 Å². The number of nitrogens with zero attached hydrogens (tertiary/aromatic N) is 2. The highest BCUT2D eigenvalue weighted by Gasteiger charge is 2.25. The number of anilines is 1. The van der Waals surface area contributed by atoms with Crippen LogP contribution in [-0.2, 0) is 4.74 Å². The van der Waals surface area contributed by atoms with Crippen molar-refractivity contribution in [2.45, 2.75) is 51.9 Å². The second-order valence-corrected chi connectivity index (χ2v) is 9.62. The molecule has 0 aliphatic heterocycles. The Kier molecular flexibility index (Phi) is 7.67. The number of carbonyl (C=O) groups is 1. The van der Waals surface area contributed by atoms with Gasteiger partial charge in [-0.15, -0.1) is 0 Å². The van der Waals surface area contributed by atoms with E-state index >= 15 is 0 Å². The molecule has 1 aliphatic rings. The molecule has 1 fully saturated rings. The van der Waals surface area contributed by atoms with Crippen molar-refractivity contribution in [2.75, 3.05) is 11.9 Å². The number of carbonyl (C=O) groups excluding carboxylic acids is 1. The van der Waals surface area contributed by atoms with Crippen molar-refractivity contribution < 1.29 is 27.8 Å². The Morgan fingerprint density at radius 3 is 2.61 bits per heavy atom. The molecule has 7 nitrogen and oxygen atoms in total. The molecule has 4 rings (SSSR count). The molecule has 3 aromatic rings. The summed E-state index contributed by atoms with van der Waals surface area (Å²) in [5.74, 6) is -0.145. The van der Waals surface area contributed by atoms with Gasteiger partial charge >= 0.3 is 12.6 Å². The number of hydrogen-bond donors (Lipinski definition) is 1. The Labute approximate surface area is 208 Å². The predicted octanol–water partition coefficient (Wildman–Crippen LogP) is 6.02. The van der Waals surface area contributed by atoms with Crippen LogP contribution in [-0.4, -0.2) is 34.8 Å². The molecule has 0 bridgehead atoms. The van der Waals surface area contributed by atoms with E-state index in [1.54, 1.807) is 63.5 Å². The smallest absolute Gasteiger partial charge is 0.387 e. The highest BCUT2D eigenvalue weighted by Crippen LogP contribution is 2.35. The third-order valence-corrected chi connectivity index (χ3v) is 5.34. The zero-order valence-corrected chi connectivity index (χ0v) is 20.4. The first-order valence-electron chi connectivity index (χ1n) is 11.8. The van der Waals surface area contributed by atoms with Gasteiger partial charge in [0.05, 0.1) is 23.9 Å². The number of hydrogen-bond acceptors (Lipinski definition) is 7. The van der Waals surface area contributed by atoms with Gasteiger partial charge < -0.3 is 19.5 Å². The molecule has 9 heteroatoms. The first-order valence-corrected chi connectivity index (χ1v) is 11.8. The van der Waals surface area contributed by atoms with Crippen LogP contribution < -0.4 is 14.8 Å². The molecule has 1 aliphatic carbocycles. The van der Waals surface area contributed by atoms with Crippen molar-refractivity contribution >= 4 is 11.7 Å². The first-order chi connectivity index (χ1) is 17.2. The molecule has 0 spiro atoms. The molecule has 2 aromatic heterocycles. The van der Waals surface area contributed by atoms with Crippen LogP contribution in [0.4, 0.5) is 14.5 Å². The lowest BCUT2D eigenvalue weighted by atomic mass is 10.0. The van der Waals surface area contributed by atoms with Gasteiger partial charge in [-0.05, 0) is 81.5 Å². The number of benzene rings is 1. The average molecular weight is 498 g/mol. The van der Waals surface area contributed by atoms with Crippen LogP contribution in [0.2, 0.25) is 0 Å². The van der Waals surface area contributed by atoms with Crippen LogP contribution in [0.15, 0.2) is 60.9 Å². The van der Waals surface area contributed by atoms with Crippen LogP contribution in [0.5, 0.6) is 11.6 Å². The van der Waals surface area contributed by atoms with Gasteiger partial charge in [-0.1, -0.05) is 12.1 Å². The van der Waals surface area contributed by atoms with Crippen LogP contribution in [0.1, 0.15) is 61.3 Å². The van der Waals surface area contributed by atoms with Gasteiger partial charge in [0, 0.05) is 18.1 Å². The lowest BCUT2D eigenvalue weighted by molar-refractivity contribution is -0.0519. The maximum absolute atomic E-state index is 13.0. The molecule has 36 heavy (non-hydrogen) atoms. The topological polar surface area (TPSA) is 82.6 Å². The van der Waals surface area contributed by atoms with Gasteiger partial charge in [0.1, 0.15) is 5.60 Å². The molecule has 0 saturated heterocycles. The zero-order valence-electron chi connectivity index (χ0n) is 20.4. The first kappa shape index (κ1) is 25.3. The summed E-state index contributed by atoms with van der Waals surface area (Å²) in [5, 5.41) is 3.38. The summed E-state index contributed by atoms with van der Waals surface area (Å²) in [4.78, 5) is 21.3. The third-order valence-electron chi connectivity index (χ3n) is 5.34. The lowest BCUT2D eigenvalue weighted by Gasteiger charge is -2.22. The molecule has 1 saturated carbocycles. The van der Waals surface area contributed by atoms with E-state index in [4.69, 9.17) is 9.47 Å². The molecule has 0 amide bonds. The maximum atomic E-state index is 13.0. The van der Waals surface area contributed by atoms with E-state index in [1.165, 1.54) is 6.07 Å². The number of alkyl halides is 2. The van der Waals surface area contributed by atoms with E-state index in [0.717, 1.165) is 18.4 Å². The van der Waals surface area contributed by atoms with E-state index in [2.05, 4.69) is 20.0 Å². The Morgan fingerprint density at radius 2 is 1.94 bits per heavy atom. The number of esters is 1. The minimum atomic E-state index is -3.00. The molecular formula is C27H29F2N3O4. The monoisotopic (exact) mass is 497 g/mol. The number of ether oxygens (including phenoxy) is 3. The summed E-state index contributed by atoms with van der Waals surface area (Å²) in [5.41, 5.74) is 1.70. The molecular weight excluding hydrogens is 468 g/mol. The highest BCUT2D eigenvalue weighted by molar-refractivity contribution is 5.90. The average Bonchev–Trinajstić information content (AvgIpc) is 3.66. The highest BCUT2D eigenvalue weighted by atomic mass is 19.3. The van der Waals surface area contributed by atoms with Crippen molar-refractivity contribution in [1.82, 2.24) is 9.97 Å². The number of nitrogens with one attached hydrogen (secondary N) is 1. The van der Waals surface area contributed by atoms with Crippen molar-refractivity contribution in [2.24, 2.45) is 5.92 Å². The van der Waals surface area contributed by atoms with Crippen LogP contribution in [0.3, 0.4) is 0 Å². The SMILES string of the molecule is CC(C)(C)OC(=O)c1cccc(NC(c2cccnc2)c2ccc(OC(F)F)c(OCC3CC3)n2)c1. The van der Waals surface area contributed by atoms with Gasteiger partial charge in [0.25, 0.3) is 5.88 Å². The fraction of sp³-hybridized carbons (Fsp3) is 0.370. The summed E-state index contributed by atoms with van der Waals surface area (Å²) in [7, 11) is 0. The van der Waals surface area contributed by atoms with Gasteiger partial charge in [-0.25, -0.2) is 9.78 Å². The summed E-state index contributed by atoms with van der Waals surface area (Å²) in [6, 6.07) is 13.1. The van der Waals surface area contributed by atoms with Gasteiger partial charge in [-0.2, -0.15) is 8.78 Å². The lowest BCUT2D eigenvalue weighted by Crippen LogP contribution is -2.24. The number of pyridine rings is 2. The van der Waals surface area contributed by atoms with Crippen LogP contribution >= 0.6 is 0 Å². The second kappa shape index (κ2) is 10.9. The largest absolute Gasteiger partial charge is 0.475 e. The number of rotatable bonds is 10. The third kappa shape index (κ3) is 7.13. The normalized spacial score (nSPS) is 14.3. The van der Waals surface area contributed by atoms with Gasteiger partial charge in [0.2, 0.25) is 0 Å².